The molecule has 0 atom stereocenters. The number of nitrogens with zero attached hydrogens (tertiary/aromatic N) is 3. The normalized spacial score (nSPS) is 17.1. The number of imide groups is 1. The monoisotopic (exact) mass is 447 g/mol. The number of likely N-dealkylation sites (N-methyl/N-ethyl adjacent to an activating group) is 2. The molecule has 1 saturated heterocycles. The molecule has 3 amide bonds. The zero-order chi connectivity index (χ0) is 23.5. The van der Waals surface area contributed by atoms with E-state index in [0.717, 1.165) is 37.6 Å². The van der Waals surface area contributed by atoms with Crippen LogP contribution >= 0.6 is 0 Å². The van der Waals surface area contributed by atoms with Crippen LogP contribution in [0.3, 0.4) is 0 Å². The highest BCUT2D eigenvalue weighted by molar-refractivity contribution is 6.36. The Morgan fingerprint density at radius 1 is 0.879 bits per heavy atom. The van der Waals surface area contributed by atoms with Crippen LogP contribution in [-0.4, -0.2) is 67.3 Å². The van der Waals surface area contributed by atoms with Crippen molar-refractivity contribution in [3.8, 4) is 0 Å². The van der Waals surface area contributed by atoms with Crippen LogP contribution in [0.2, 0.25) is 0 Å². The Morgan fingerprint density at radius 3 is 2.06 bits per heavy atom. The number of amides is 3. The first-order valence-electron chi connectivity index (χ1n) is 11.2. The van der Waals surface area contributed by atoms with Crippen molar-refractivity contribution < 1.29 is 14.4 Å². The zero-order valence-corrected chi connectivity index (χ0v) is 19.2. The number of rotatable bonds is 6. The number of hydrogen-bond acceptors (Lipinski definition) is 6. The van der Waals surface area contributed by atoms with E-state index in [0.29, 0.717) is 23.4 Å². The van der Waals surface area contributed by atoms with Gasteiger partial charge in [-0.2, -0.15) is 0 Å². The lowest BCUT2D eigenvalue weighted by Gasteiger charge is -2.34. The van der Waals surface area contributed by atoms with Gasteiger partial charge >= 0.3 is 0 Å². The van der Waals surface area contributed by atoms with Crippen molar-refractivity contribution in [1.29, 1.82) is 0 Å². The molecule has 8 nitrogen and oxygen atoms in total. The summed E-state index contributed by atoms with van der Waals surface area (Å²) in [5, 5.41) is 5.90. The molecule has 0 saturated carbocycles. The summed E-state index contributed by atoms with van der Waals surface area (Å²) in [7, 11) is 2.13. The SMILES string of the molecule is CCN1C(=O)C(Nc2ccc(N3CCN(C)CC3)cc2)=C(c2ccc(NC(C)=O)cc2)C1=O. The van der Waals surface area contributed by atoms with Gasteiger partial charge in [0.2, 0.25) is 5.91 Å². The standard InChI is InChI=1S/C25H29N5O3/c1-4-30-24(32)22(18-5-7-19(8-6-18)26-17(2)31)23(25(30)33)27-20-9-11-21(12-10-20)29-15-13-28(3)14-16-29/h5-12,27H,4,13-16H2,1-3H3,(H,26,31). The van der Waals surface area contributed by atoms with Gasteiger partial charge in [-0.25, -0.2) is 0 Å². The quantitative estimate of drug-likeness (QED) is 0.663. The van der Waals surface area contributed by atoms with Crippen molar-refractivity contribution in [2.75, 3.05) is 55.3 Å². The van der Waals surface area contributed by atoms with Crippen LogP contribution in [0.4, 0.5) is 17.1 Å². The van der Waals surface area contributed by atoms with Gasteiger partial charge in [0.05, 0.1) is 5.57 Å². The molecule has 2 heterocycles. The molecule has 2 aromatic rings. The fraction of sp³-hybridized carbons (Fsp3) is 0.320. The lowest BCUT2D eigenvalue weighted by molar-refractivity contribution is -0.136. The second-order valence-corrected chi connectivity index (χ2v) is 8.33. The molecule has 0 aliphatic carbocycles. The third kappa shape index (κ3) is 4.75. The zero-order valence-electron chi connectivity index (χ0n) is 19.2. The summed E-state index contributed by atoms with van der Waals surface area (Å²) in [6.45, 7) is 7.52. The van der Waals surface area contributed by atoms with Crippen LogP contribution in [0.15, 0.2) is 54.2 Å². The number of nitrogens with one attached hydrogen (secondary N) is 2. The summed E-state index contributed by atoms with van der Waals surface area (Å²) < 4.78 is 0. The third-order valence-corrected chi connectivity index (χ3v) is 5.98. The average molecular weight is 448 g/mol. The highest BCUT2D eigenvalue weighted by atomic mass is 16.2. The van der Waals surface area contributed by atoms with E-state index in [-0.39, 0.29) is 23.4 Å². The van der Waals surface area contributed by atoms with E-state index < -0.39 is 0 Å². The predicted octanol–water partition coefficient (Wildman–Crippen LogP) is 2.61. The summed E-state index contributed by atoms with van der Waals surface area (Å²) in [5.41, 5.74) is 3.73. The van der Waals surface area contributed by atoms with Gasteiger partial charge in [0.15, 0.2) is 0 Å². The van der Waals surface area contributed by atoms with Crippen molar-refractivity contribution >= 4 is 40.4 Å². The van der Waals surface area contributed by atoms with Crippen LogP contribution in [0, 0.1) is 0 Å². The van der Waals surface area contributed by atoms with Crippen molar-refractivity contribution in [2.45, 2.75) is 13.8 Å². The maximum absolute atomic E-state index is 13.0. The predicted molar refractivity (Wildman–Crippen MR) is 130 cm³/mol. The van der Waals surface area contributed by atoms with Crippen molar-refractivity contribution in [1.82, 2.24) is 9.80 Å². The first-order chi connectivity index (χ1) is 15.9. The molecule has 2 N–H and O–H groups in total. The van der Waals surface area contributed by atoms with Crippen LogP contribution < -0.4 is 15.5 Å². The van der Waals surface area contributed by atoms with E-state index in [4.69, 9.17) is 0 Å². The van der Waals surface area contributed by atoms with Crippen molar-refractivity contribution in [2.24, 2.45) is 0 Å². The van der Waals surface area contributed by atoms with E-state index in [1.807, 2.05) is 24.3 Å². The van der Waals surface area contributed by atoms with Crippen LogP contribution in [0.1, 0.15) is 19.4 Å². The van der Waals surface area contributed by atoms with Crippen LogP contribution in [0.25, 0.3) is 5.57 Å². The first kappa shape index (κ1) is 22.5. The minimum atomic E-state index is -0.341. The topological polar surface area (TPSA) is 85.0 Å². The Morgan fingerprint density at radius 2 is 1.48 bits per heavy atom. The maximum Gasteiger partial charge on any atom is 0.278 e. The van der Waals surface area contributed by atoms with Crippen molar-refractivity contribution in [3.63, 3.8) is 0 Å². The average Bonchev–Trinajstić information content (AvgIpc) is 3.04. The number of carbonyl (C=O) groups excluding carboxylic acids is 3. The second-order valence-electron chi connectivity index (χ2n) is 8.33. The Labute approximate surface area is 193 Å². The smallest absolute Gasteiger partial charge is 0.278 e. The van der Waals surface area contributed by atoms with Crippen LogP contribution in [0.5, 0.6) is 0 Å². The van der Waals surface area contributed by atoms with Gasteiger partial charge in [-0.05, 0) is 55.9 Å². The summed E-state index contributed by atoms with van der Waals surface area (Å²) in [6.07, 6.45) is 0. The first-order valence-corrected chi connectivity index (χ1v) is 11.2. The molecule has 33 heavy (non-hydrogen) atoms. The van der Waals surface area contributed by atoms with Gasteiger partial charge in [0.1, 0.15) is 5.70 Å². The number of benzene rings is 2. The number of piperazine rings is 1. The number of anilines is 3. The highest BCUT2D eigenvalue weighted by Crippen LogP contribution is 2.31. The Hall–Kier alpha value is -3.65. The molecule has 0 aromatic heterocycles. The van der Waals surface area contributed by atoms with E-state index in [1.165, 1.54) is 11.8 Å². The van der Waals surface area contributed by atoms with E-state index in [1.54, 1.807) is 31.2 Å². The molecule has 172 valence electrons. The number of hydrogen-bond donors (Lipinski definition) is 2. The van der Waals surface area contributed by atoms with Gasteiger partial charge in [0.25, 0.3) is 11.8 Å². The largest absolute Gasteiger partial charge is 0.369 e. The van der Waals surface area contributed by atoms with E-state index in [9.17, 15) is 14.4 Å². The third-order valence-electron chi connectivity index (χ3n) is 5.98. The molecule has 0 spiro atoms. The molecule has 2 aliphatic heterocycles. The summed E-state index contributed by atoms with van der Waals surface area (Å²) >= 11 is 0. The Kier molecular flexibility index (Phi) is 6.46. The fourth-order valence-corrected chi connectivity index (χ4v) is 4.14. The molecule has 2 aliphatic rings. The summed E-state index contributed by atoms with van der Waals surface area (Å²) in [4.78, 5) is 43.2. The van der Waals surface area contributed by atoms with Crippen molar-refractivity contribution in [3.05, 3.63) is 59.8 Å². The Bertz CT molecular complexity index is 1080. The van der Waals surface area contributed by atoms with E-state index >= 15 is 0 Å². The molecule has 4 rings (SSSR count). The molecule has 1 fully saturated rings. The van der Waals surface area contributed by atoms with Crippen LogP contribution in [-0.2, 0) is 14.4 Å². The van der Waals surface area contributed by atoms with Gasteiger partial charge in [-0.1, -0.05) is 12.1 Å². The number of carbonyl (C=O) groups is 3. The fourth-order valence-electron chi connectivity index (χ4n) is 4.14. The highest BCUT2D eigenvalue weighted by Gasteiger charge is 2.38. The molecule has 8 heteroatoms. The van der Waals surface area contributed by atoms with Gasteiger partial charge in [-0.3, -0.25) is 19.3 Å². The molecular formula is C25H29N5O3. The van der Waals surface area contributed by atoms with Gasteiger partial charge in [0, 0.05) is 56.7 Å². The summed E-state index contributed by atoms with van der Waals surface area (Å²) in [6, 6.07) is 14.9. The second kappa shape index (κ2) is 9.46. The Balaban J connectivity index is 1.60. The minimum Gasteiger partial charge on any atom is -0.369 e. The maximum atomic E-state index is 13.0. The summed E-state index contributed by atoms with van der Waals surface area (Å²) in [5.74, 6) is -0.841. The minimum absolute atomic E-state index is 0.173. The molecule has 0 unspecified atom stereocenters. The molecule has 2 aromatic carbocycles. The van der Waals surface area contributed by atoms with Gasteiger partial charge < -0.3 is 20.4 Å². The molecular weight excluding hydrogens is 418 g/mol. The molecule has 0 bridgehead atoms. The molecule has 0 radical (unpaired) electrons. The van der Waals surface area contributed by atoms with Gasteiger partial charge in [-0.15, -0.1) is 0 Å². The lowest BCUT2D eigenvalue weighted by Crippen LogP contribution is -2.44. The van der Waals surface area contributed by atoms with E-state index in [2.05, 4.69) is 27.5 Å². The lowest BCUT2D eigenvalue weighted by atomic mass is 10.0.